The molecule has 0 saturated carbocycles. The molecule has 1 N–H and O–H groups in total. The molecule has 3 atom stereocenters. The van der Waals surface area contributed by atoms with Crippen molar-refractivity contribution in [3.8, 4) is 5.75 Å². The summed E-state index contributed by atoms with van der Waals surface area (Å²) in [6.07, 6.45) is 2.65. The summed E-state index contributed by atoms with van der Waals surface area (Å²) >= 11 is 0. The topological polar surface area (TPSA) is 71.1 Å². The van der Waals surface area contributed by atoms with Crippen LogP contribution in [-0.2, 0) is 4.74 Å². The zero-order valence-electron chi connectivity index (χ0n) is 21.8. The molecule has 3 heterocycles. The highest BCUT2D eigenvalue weighted by atomic mass is 16.6. The molecular formula is C29H37N3O4. The molecule has 2 aromatic carbocycles. The number of hydrogen-bond donors (Lipinski definition) is 1. The van der Waals surface area contributed by atoms with Gasteiger partial charge in [0.05, 0.1) is 18.7 Å². The number of carbonyl (C=O) groups excluding carboxylic acids is 2. The molecular weight excluding hydrogens is 454 g/mol. The highest BCUT2D eigenvalue weighted by Gasteiger charge is 2.47. The summed E-state index contributed by atoms with van der Waals surface area (Å²) < 4.78 is 11.4. The molecule has 192 valence electrons. The van der Waals surface area contributed by atoms with E-state index in [9.17, 15) is 9.59 Å². The molecule has 5 rings (SSSR count). The van der Waals surface area contributed by atoms with Crippen molar-refractivity contribution in [2.45, 2.75) is 64.6 Å². The molecule has 7 heteroatoms. The molecule has 0 bridgehead atoms. The Bertz CT molecular complexity index is 1120. The Kier molecular flexibility index (Phi) is 6.58. The average Bonchev–Trinajstić information content (AvgIpc) is 3.53. The van der Waals surface area contributed by atoms with Gasteiger partial charge in [0, 0.05) is 36.8 Å². The number of rotatable bonds is 4. The van der Waals surface area contributed by atoms with Crippen LogP contribution in [0.4, 0.5) is 10.5 Å². The minimum atomic E-state index is -0.576. The monoisotopic (exact) mass is 491 g/mol. The van der Waals surface area contributed by atoms with Crippen LogP contribution in [0.15, 0.2) is 42.5 Å². The fourth-order valence-corrected chi connectivity index (χ4v) is 5.81. The first kappa shape index (κ1) is 24.5. The number of amides is 2. The van der Waals surface area contributed by atoms with Crippen LogP contribution in [0, 0.1) is 5.92 Å². The molecule has 3 aliphatic heterocycles. The Morgan fingerprint density at radius 2 is 1.75 bits per heavy atom. The van der Waals surface area contributed by atoms with Gasteiger partial charge in [-0.15, -0.1) is 0 Å². The van der Waals surface area contributed by atoms with Gasteiger partial charge in [-0.25, -0.2) is 4.79 Å². The second-order valence-electron chi connectivity index (χ2n) is 11.0. The van der Waals surface area contributed by atoms with E-state index in [1.807, 2.05) is 67.8 Å². The molecule has 7 nitrogen and oxygen atoms in total. The quantitative estimate of drug-likeness (QED) is 0.587. The van der Waals surface area contributed by atoms with Crippen molar-refractivity contribution in [3.63, 3.8) is 0 Å². The van der Waals surface area contributed by atoms with E-state index < -0.39 is 5.60 Å². The van der Waals surface area contributed by atoms with Crippen molar-refractivity contribution < 1.29 is 19.1 Å². The number of carbonyl (C=O) groups is 2. The van der Waals surface area contributed by atoms with Crippen LogP contribution < -0.4 is 10.1 Å². The fraction of sp³-hybridized carbons (Fsp3) is 0.517. The van der Waals surface area contributed by atoms with Gasteiger partial charge in [-0.2, -0.15) is 0 Å². The van der Waals surface area contributed by atoms with E-state index in [0.29, 0.717) is 18.7 Å². The molecule has 0 radical (unpaired) electrons. The lowest BCUT2D eigenvalue weighted by atomic mass is 9.79. The van der Waals surface area contributed by atoms with Crippen molar-refractivity contribution in [1.29, 1.82) is 0 Å². The molecule has 2 aromatic rings. The minimum Gasteiger partial charge on any atom is -0.494 e. The van der Waals surface area contributed by atoms with E-state index in [0.717, 1.165) is 54.9 Å². The average molecular weight is 492 g/mol. The summed E-state index contributed by atoms with van der Waals surface area (Å²) in [5.74, 6) is 1.07. The van der Waals surface area contributed by atoms with Gasteiger partial charge in [0.15, 0.2) is 0 Å². The lowest BCUT2D eigenvalue weighted by Gasteiger charge is -2.40. The largest absolute Gasteiger partial charge is 0.494 e. The van der Waals surface area contributed by atoms with Crippen LogP contribution in [0.1, 0.15) is 80.5 Å². The number of nitrogens with one attached hydrogen (secondary N) is 1. The lowest BCUT2D eigenvalue weighted by molar-refractivity contribution is 0.0198. The summed E-state index contributed by atoms with van der Waals surface area (Å²) in [4.78, 5) is 30.3. The molecule has 0 aliphatic carbocycles. The van der Waals surface area contributed by atoms with Crippen LogP contribution in [0.2, 0.25) is 0 Å². The highest BCUT2D eigenvalue weighted by molar-refractivity contribution is 5.95. The van der Waals surface area contributed by atoms with Crippen LogP contribution in [0.5, 0.6) is 5.75 Å². The molecule has 3 aliphatic rings. The van der Waals surface area contributed by atoms with Gasteiger partial charge in [-0.3, -0.25) is 4.79 Å². The third-order valence-corrected chi connectivity index (χ3v) is 7.37. The first-order valence-electron chi connectivity index (χ1n) is 13.2. The van der Waals surface area contributed by atoms with Crippen LogP contribution in [0.25, 0.3) is 0 Å². The number of fused-ring (bicyclic) bond motifs is 3. The maximum Gasteiger partial charge on any atom is 0.410 e. The summed E-state index contributed by atoms with van der Waals surface area (Å²) in [6.45, 7) is 10.5. The number of likely N-dealkylation sites (tertiary alicyclic amines) is 2. The number of benzene rings is 2. The SMILES string of the molecule is CCOc1ccc(C2Nc3ccc(C(=O)N4CCCC4)cc3C3C2CCN3C(=O)OC(C)(C)C)cc1. The number of ether oxygens (including phenoxy) is 2. The van der Waals surface area contributed by atoms with Gasteiger partial charge < -0.3 is 24.6 Å². The maximum absolute atomic E-state index is 13.3. The third-order valence-electron chi connectivity index (χ3n) is 7.37. The molecule has 2 fully saturated rings. The van der Waals surface area contributed by atoms with Crippen LogP contribution in [-0.4, -0.2) is 53.6 Å². The third kappa shape index (κ3) is 4.75. The highest BCUT2D eigenvalue weighted by Crippen LogP contribution is 2.52. The van der Waals surface area contributed by atoms with Gasteiger partial charge in [0.25, 0.3) is 5.91 Å². The predicted molar refractivity (Wildman–Crippen MR) is 139 cm³/mol. The van der Waals surface area contributed by atoms with Crippen molar-refractivity contribution >= 4 is 17.7 Å². The lowest BCUT2D eigenvalue weighted by Crippen LogP contribution is -2.40. The van der Waals surface area contributed by atoms with Crippen molar-refractivity contribution in [3.05, 3.63) is 59.2 Å². The fourth-order valence-electron chi connectivity index (χ4n) is 5.81. The zero-order chi connectivity index (χ0) is 25.4. The van der Waals surface area contributed by atoms with Crippen LogP contribution in [0.3, 0.4) is 0 Å². The minimum absolute atomic E-state index is 0.0331. The first-order chi connectivity index (χ1) is 17.2. The molecule has 0 aromatic heterocycles. The number of anilines is 1. The Labute approximate surface area is 213 Å². The molecule has 0 spiro atoms. The summed E-state index contributed by atoms with van der Waals surface area (Å²) in [5, 5.41) is 3.74. The van der Waals surface area contributed by atoms with E-state index in [4.69, 9.17) is 9.47 Å². The first-order valence-corrected chi connectivity index (χ1v) is 13.2. The molecule has 2 amide bonds. The Balaban J connectivity index is 1.51. The summed E-state index contributed by atoms with van der Waals surface area (Å²) in [7, 11) is 0. The molecule has 3 unspecified atom stereocenters. The van der Waals surface area contributed by atoms with Gasteiger partial charge in [0.1, 0.15) is 11.4 Å². The molecule has 2 saturated heterocycles. The second kappa shape index (κ2) is 9.68. The smallest absolute Gasteiger partial charge is 0.410 e. The Morgan fingerprint density at radius 1 is 1.03 bits per heavy atom. The maximum atomic E-state index is 13.3. The summed E-state index contributed by atoms with van der Waals surface area (Å²) in [5.41, 5.74) is 3.22. The predicted octanol–water partition coefficient (Wildman–Crippen LogP) is 5.79. The number of nitrogens with zero attached hydrogens (tertiary/aromatic N) is 2. The van der Waals surface area contributed by atoms with E-state index >= 15 is 0 Å². The van der Waals surface area contributed by atoms with Gasteiger partial charge in [-0.1, -0.05) is 12.1 Å². The van der Waals surface area contributed by atoms with E-state index in [-0.39, 0.29) is 30.0 Å². The summed E-state index contributed by atoms with van der Waals surface area (Å²) in [6, 6.07) is 14.0. The van der Waals surface area contributed by atoms with Gasteiger partial charge >= 0.3 is 6.09 Å². The van der Waals surface area contributed by atoms with Gasteiger partial charge in [0.2, 0.25) is 0 Å². The number of hydrogen-bond acceptors (Lipinski definition) is 5. The standard InChI is InChI=1S/C29H37N3O4/c1-5-35-21-11-8-19(9-12-21)25-22-14-17-32(28(34)36-29(2,3)4)26(22)23-18-20(10-13-24(23)30-25)27(33)31-15-6-7-16-31/h8-13,18,22,25-26,30H,5-7,14-17H2,1-4H3. The molecule has 36 heavy (non-hydrogen) atoms. The second-order valence-corrected chi connectivity index (χ2v) is 11.0. The van der Waals surface area contributed by atoms with Gasteiger partial charge in [-0.05, 0) is 88.4 Å². The zero-order valence-corrected chi connectivity index (χ0v) is 21.8. The van der Waals surface area contributed by atoms with Crippen molar-refractivity contribution in [2.24, 2.45) is 5.92 Å². The van der Waals surface area contributed by atoms with Crippen molar-refractivity contribution in [1.82, 2.24) is 9.80 Å². The van der Waals surface area contributed by atoms with E-state index in [2.05, 4.69) is 17.4 Å². The van der Waals surface area contributed by atoms with Crippen molar-refractivity contribution in [2.75, 3.05) is 31.6 Å². The Hall–Kier alpha value is -3.22. The van der Waals surface area contributed by atoms with Crippen LogP contribution >= 0.6 is 0 Å². The Morgan fingerprint density at radius 3 is 2.42 bits per heavy atom. The van der Waals surface area contributed by atoms with E-state index in [1.54, 1.807) is 0 Å². The van der Waals surface area contributed by atoms with E-state index in [1.165, 1.54) is 0 Å². The normalized spacial score (nSPS) is 23.1.